The summed E-state index contributed by atoms with van der Waals surface area (Å²) in [4.78, 5) is 43.6. The maximum Gasteiger partial charge on any atom is 0.243 e. The Morgan fingerprint density at radius 2 is 1.50 bits per heavy atom. The molecule has 0 heterocycles. The summed E-state index contributed by atoms with van der Waals surface area (Å²) >= 11 is 0. The smallest absolute Gasteiger partial charge is 0.243 e. The molecular weight excluding hydrogens is 532 g/mol. The van der Waals surface area contributed by atoms with Crippen molar-refractivity contribution in [2.45, 2.75) is 75.8 Å². The monoisotopic (exact) mass is 576 g/mol. The van der Waals surface area contributed by atoms with Crippen molar-refractivity contribution in [3.05, 3.63) is 71.3 Å². The summed E-state index contributed by atoms with van der Waals surface area (Å²) in [5, 5.41) is 13.4. The lowest BCUT2D eigenvalue weighted by Crippen LogP contribution is -2.54. The lowest BCUT2D eigenvalue weighted by atomic mass is 9.84. The Hall–Kier alpha value is -4.41. The number of nitrogens with zero attached hydrogens (tertiary/aromatic N) is 1. The van der Waals surface area contributed by atoms with Crippen molar-refractivity contribution in [2.75, 3.05) is 6.54 Å². The summed E-state index contributed by atoms with van der Waals surface area (Å²) in [7, 11) is 0. The number of hydrogen-bond donors (Lipinski definition) is 7. The van der Waals surface area contributed by atoms with E-state index >= 15 is 0 Å². The number of guanidine groups is 1. The van der Waals surface area contributed by atoms with Crippen molar-refractivity contribution in [3.8, 4) is 0 Å². The van der Waals surface area contributed by atoms with Crippen LogP contribution in [0.3, 0.4) is 0 Å². The SMILES string of the molecule is N=C(N)c1ccc(C[C@@H](C(=O)N[C@@H](CC2CCCCC2)C(=O)N[C@@H](CCCN=C(N)N)C(N)=O)c2ccccc2)cc1. The number of benzene rings is 2. The average Bonchev–Trinajstić information content (AvgIpc) is 2.97. The van der Waals surface area contributed by atoms with Gasteiger partial charge in [0, 0.05) is 12.1 Å². The van der Waals surface area contributed by atoms with Gasteiger partial charge in [-0.25, -0.2) is 0 Å². The highest BCUT2D eigenvalue weighted by molar-refractivity contribution is 5.95. The highest BCUT2D eigenvalue weighted by Gasteiger charge is 2.31. The first kappa shape index (κ1) is 32.1. The van der Waals surface area contributed by atoms with Gasteiger partial charge in [0.25, 0.3) is 0 Å². The predicted octanol–water partition coefficient (Wildman–Crippen LogP) is 1.78. The molecule has 11 N–H and O–H groups in total. The fourth-order valence-electron chi connectivity index (χ4n) is 5.42. The number of hydrogen-bond acceptors (Lipinski definition) is 5. The Labute approximate surface area is 247 Å². The number of nitrogens with two attached hydrogens (primary N) is 4. The van der Waals surface area contributed by atoms with Crippen LogP contribution in [-0.4, -0.2) is 48.1 Å². The van der Waals surface area contributed by atoms with Crippen LogP contribution in [-0.2, 0) is 20.8 Å². The fraction of sp³-hybridized carbons (Fsp3) is 0.452. The number of nitrogens with one attached hydrogen (secondary N) is 3. The zero-order valence-electron chi connectivity index (χ0n) is 24.1. The quantitative estimate of drug-likeness (QED) is 0.0951. The van der Waals surface area contributed by atoms with E-state index in [0.717, 1.165) is 43.2 Å². The highest BCUT2D eigenvalue weighted by Crippen LogP contribution is 2.28. The number of primary amides is 1. The van der Waals surface area contributed by atoms with Crippen LogP contribution in [0.25, 0.3) is 0 Å². The molecule has 3 atom stereocenters. The van der Waals surface area contributed by atoms with Crippen LogP contribution in [0.2, 0.25) is 0 Å². The van der Waals surface area contributed by atoms with Gasteiger partial charge in [-0.2, -0.15) is 0 Å². The van der Waals surface area contributed by atoms with Crippen molar-refractivity contribution in [1.29, 1.82) is 5.41 Å². The maximum absolute atomic E-state index is 13.9. The predicted molar refractivity (Wildman–Crippen MR) is 165 cm³/mol. The molecule has 0 bridgehead atoms. The van der Waals surface area contributed by atoms with Gasteiger partial charge in [-0.1, -0.05) is 86.7 Å². The molecule has 0 radical (unpaired) electrons. The number of amides is 3. The van der Waals surface area contributed by atoms with Crippen molar-refractivity contribution >= 4 is 29.5 Å². The normalized spacial score (nSPS) is 15.5. The summed E-state index contributed by atoms with van der Waals surface area (Å²) in [6, 6.07) is 14.9. The topological polar surface area (TPSA) is 216 Å². The number of carbonyl (C=O) groups excluding carboxylic acids is 3. The summed E-state index contributed by atoms with van der Waals surface area (Å²) in [5.41, 5.74) is 24.3. The van der Waals surface area contributed by atoms with Gasteiger partial charge in [0.1, 0.15) is 17.9 Å². The molecule has 1 aliphatic carbocycles. The van der Waals surface area contributed by atoms with Crippen LogP contribution < -0.4 is 33.6 Å². The Morgan fingerprint density at radius 1 is 0.857 bits per heavy atom. The minimum Gasteiger partial charge on any atom is -0.384 e. The molecule has 0 unspecified atom stereocenters. The van der Waals surface area contributed by atoms with Gasteiger partial charge in [0.15, 0.2) is 5.96 Å². The molecule has 0 aliphatic heterocycles. The second-order valence-corrected chi connectivity index (χ2v) is 11.0. The van der Waals surface area contributed by atoms with E-state index in [9.17, 15) is 14.4 Å². The van der Waals surface area contributed by atoms with Crippen molar-refractivity contribution < 1.29 is 14.4 Å². The molecule has 1 fully saturated rings. The van der Waals surface area contributed by atoms with Gasteiger partial charge in [0.2, 0.25) is 17.7 Å². The third-order valence-electron chi connectivity index (χ3n) is 7.76. The van der Waals surface area contributed by atoms with Crippen LogP contribution in [0.15, 0.2) is 59.6 Å². The van der Waals surface area contributed by atoms with Gasteiger partial charge in [-0.05, 0) is 42.7 Å². The van der Waals surface area contributed by atoms with E-state index < -0.39 is 29.8 Å². The summed E-state index contributed by atoms with van der Waals surface area (Å²) in [6.07, 6.45) is 6.90. The van der Waals surface area contributed by atoms with Gasteiger partial charge in [-0.15, -0.1) is 0 Å². The Bertz CT molecular complexity index is 1220. The first-order valence-corrected chi connectivity index (χ1v) is 14.6. The van der Waals surface area contributed by atoms with E-state index in [4.69, 9.17) is 28.3 Å². The van der Waals surface area contributed by atoms with E-state index in [1.54, 1.807) is 12.1 Å². The molecule has 42 heavy (non-hydrogen) atoms. The minimum absolute atomic E-state index is 0.0269. The lowest BCUT2D eigenvalue weighted by molar-refractivity contribution is -0.132. The van der Waals surface area contributed by atoms with Crippen LogP contribution in [0.1, 0.15) is 74.0 Å². The third kappa shape index (κ3) is 10.2. The Balaban J connectivity index is 1.80. The summed E-state index contributed by atoms with van der Waals surface area (Å²) in [6.45, 7) is 0.302. The van der Waals surface area contributed by atoms with Crippen molar-refractivity contribution in [2.24, 2.45) is 33.8 Å². The zero-order chi connectivity index (χ0) is 30.5. The lowest BCUT2D eigenvalue weighted by Gasteiger charge is -2.29. The molecule has 2 aromatic carbocycles. The molecule has 3 rings (SSSR count). The second-order valence-electron chi connectivity index (χ2n) is 11.0. The molecule has 3 amide bonds. The van der Waals surface area contributed by atoms with Crippen molar-refractivity contribution in [1.82, 2.24) is 10.6 Å². The van der Waals surface area contributed by atoms with Crippen LogP contribution in [0.4, 0.5) is 0 Å². The number of carbonyl (C=O) groups is 3. The molecule has 0 saturated heterocycles. The first-order valence-electron chi connectivity index (χ1n) is 14.6. The number of nitrogen functional groups attached to an aromatic ring is 1. The Morgan fingerprint density at radius 3 is 2.10 bits per heavy atom. The number of amidine groups is 1. The standard InChI is InChI=1S/C31H44N8O3/c32-27(33)23-15-13-21(14-16-23)18-24(22-10-5-2-6-11-22)29(41)39-26(19-20-8-3-1-4-9-20)30(42)38-25(28(34)40)12-7-17-37-31(35)36/h2,5-6,10-11,13-16,20,24-26H,1,3-4,7-9,12,17-19H2,(H3,32,33)(H2,34,40)(H,38,42)(H,39,41)(H4,35,36,37)/t24-,25+,26+/m1/s1. The third-order valence-corrected chi connectivity index (χ3v) is 7.76. The molecule has 0 aromatic heterocycles. The van der Waals surface area contributed by atoms with E-state index in [-0.39, 0.29) is 30.0 Å². The first-order chi connectivity index (χ1) is 20.1. The van der Waals surface area contributed by atoms with Crippen LogP contribution in [0, 0.1) is 11.3 Å². The van der Waals surface area contributed by atoms with E-state index in [2.05, 4.69) is 15.6 Å². The van der Waals surface area contributed by atoms with E-state index in [0.29, 0.717) is 31.4 Å². The van der Waals surface area contributed by atoms with Gasteiger partial charge < -0.3 is 33.6 Å². The fourth-order valence-corrected chi connectivity index (χ4v) is 5.42. The maximum atomic E-state index is 13.9. The van der Waals surface area contributed by atoms with Crippen LogP contribution in [0.5, 0.6) is 0 Å². The summed E-state index contributed by atoms with van der Waals surface area (Å²) in [5.74, 6) is -1.73. The van der Waals surface area contributed by atoms with Crippen LogP contribution >= 0.6 is 0 Å². The van der Waals surface area contributed by atoms with Gasteiger partial charge >= 0.3 is 0 Å². The average molecular weight is 577 g/mol. The largest absolute Gasteiger partial charge is 0.384 e. The molecule has 11 nitrogen and oxygen atoms in total. The second kappa shape index (κ2) is 16.1. The van der Waals surface area contributed by atoms with Crippen molar-refractivity contribution in [3.63, 3.8) is 0 Å². The molecule has 2 aromatic rings. The molecule has 1 aliphatic rings. The number of rotatable bonds is 15. The minimum atomic E-state index is -0.915. The van der Waals surface area contributed by atoms with E-state index in [1.165, 1.54) is 0 Å². The van der Waals surface area contributed by atoms with E-state index in [1.807, 2.05) is 42.5 Å². The number of aliphatic imine (C=N–C) groups is 1. The molecule has 226 valence electrons. The van der Waals surface area contributed by atoms with Gasteiger partial charge in [-0.3, -0.25) is 24.8 Å². The Kier molecular flexibility index (Phi) is 12.3. The highest BCUT2D eigenvalue weighted by atomic mass is 16.2. The zero-order valence-corrected chi connectivity index (χ0v) is 24.1. The molecule has 0 spiro atoms. The van der Waals surface area contributed by atoms with Gasteiger partial charge in [0.05, 0.1) is 5.92 Å². The summed E-state index contributed by atoms with van der Waals surface area (Å²) < 4.78 is 0. The molecule has 11 heteroatoms. The molecular formula is C31H44N8O3. The molecule has 1 saturated carbocycles.